The number of nitrogens with zero attached hydrogens (tertiary/aromatic N) is 3. The van der Waals surface area contributed by atoms with Gasteiger partial charge in [0.1, 0.15) is 12.0 Å². The molecule has 0 aliphatic carbocycles. The SMILES string of the molecule is COC1C/C(=C/c2ccc(F)cc2)CCN1C(=O)c1ccc2c(c1)c(C(=O)C(=O)N(C)C)cn2C. The number of hydrogen-bond acceptors (Lipinski definition) is 4. The number of ether oxygens (including phenoxy) is 1. The molecule has 182 valence electrons. The number of likely N-dealkylation sites (tertiary alicyclic amines) is 1. The van der Waals surface area contributed by atoms with Gasteiger partial charge in [-0.2, -0.15) is 0 Å². The number of hydrogen-bond donors (Lipinski definition) is 0. The first-order valence-electron chi connectivity index (χ1n) is 11.3. The molecule has 2 amide bonds. The Labute approximate surface area is 203 Å². The summed E-state index contributed by atoms with van der Waals surface area (Å²) >= 11 is 0. The van der Waals surface area contributed by atoms with Gasteiger partial charge in [0.2, 0.25) is 0 Å². The van der Waals surface area contributed by atoms with Gasteiger partial charge < -0.3 is 19.1 Å². The quantitative estimate of drug-likeness (QED) is 0.413. The van der Waals surface area contributed by atoms with Crippen LogP contribution >= 0.6 is 0 Å². The summed E-state index contributed by atoms with van der Waals surface area (Å²) in [6.45, 7) is 0.460. The molecule has 0 bridgehead atoms. The molecule has 1 aliphatic rings. The van der Waals surface area contributed by atoms with E-state index >= 15 is 0 Å². The van der Waals surface area contributed by atoms with Crippen LogP contribution in [0, 0.1) is 5.82 Å². The van der Waals surface area contributed by atoms with Crippen LogP contribution in [0.3, 0.4) is 0 Å². The summed E-state index contributed by atoms with van der Waals surface area (Å²) in [5.41, 5.74) is 3.45. The van der Waals surface area contributed by atoms with Crippen molar-refractivity contribution in [1.29, 1.82) is 0 Å². The molecular weight excluding hydrogens is 449 g/mol. The first-order chi connectivity index (χ1) is 16.7. The number of aromatic nitrogens is 1. The van der Waals surface area contributed by atoms with E-state index in [1.165, 1.54) is 31.1 Å². The summed E-state index contributed by atoms with van der Waals surface area (Å²) in [4.78, 5) is 41.4. The summed E-state index contributed by atoms with van der Waals surface area (Å²) in [6, 6.07) is 11.5. The number of likely N-dealkylation sites (N-methyl/N-ethyl adjacent to an activating group) is 1. The molecule has 2 aromatic carbocycles. The monoisotopic (exact) mass is 477 g/mol. The van der Waals surface area contributed by atoms with Crippen LogP contribution in [0.1, 0.15) is 39.1 Å². The van der Waals surface area contributed by atoms with E-state index in [1.807, 2.05) is 6.08 Å². The smallest absolute Gasteiger partial charge is 0.294 e. The molecule has 3 aromatic rings. The molecule has 1 unspecified atom stereocenters. The van der Waals surface area contributed by atoms with Crippen LogP contribution in [0.25, 0.3) is 17.0 Å². The number of carbonyl (C=O) groups excluding carboxylic acids is 3. The molecule has 0 radical (unpaired) electrons. The van der Waals surface area contributed by atoms with E-state index < -0.39 is 17.9 Å². The van der Waals surface area contributed by atoms with E-state index in [9.17, 15) is 18.8 Å². The Morgan fingerprint density at radius 2 is 1.83 bits per heavy atom. The average molecular weight is 478 g/mol. The zero-order valence-electron chi connectivity index (χ0n) is 20.2. The van der Waals surface area contributed by atoms with Gasteiger partial charge in [-0.1, -0.05) is 23.8 Å². The number of carbonyl (C=O) groups is 3. The number of benzene rings is 2. The number of amides is 2. The second-order valence-corrected chi connectivity index (χ2v) is 8.91. The molecule has 0 saturated carbocycles. The summed E-state index contributed by atoms with van der Waals surface area (Å²) in [5.74, 6) is -1.73. The minimum atomic E-state index is -0.620. The second-order valence-electron chi connectivity index (χ2n) is 8.91. The predicted molar refractivity (Wildman–Crippen MR) is 131 cm³/mol. The van der Waals surface area contributed by atoms with Gasteiger partial charge in [-0.15, -0.1) is 0 Å². The van der Waals surface area contributed by atoms with Crippen molar-refractivity contribution >= 4 is 34.6 Å². The molecule has 1 fully saturated rings. The molecule has 1 atom stereocenters. The fraction of sp³-hybridized carbons (Fsp3) is 0.296. The van der Waals surface area contributed by atoms with Crippen LogP contribution in [0.4, 0.5) is 4.39 Å². The van der Waals surface area contributed by atoms with Gasteiger partial charge in [0.15, 0.2) is 0 Å². The predicted octanol–water partition coefficient (Wildman–Crippen LogP) is 3.88. The molecule has 4 rings (SSSR count). The molecule has 0 N–H and O–H groups in total. The van der Waals surface area contributed by atoms with E-state index in [2.05, 4.69) is 0 Å². The maximum absolute atomic E-state index is 13.5. The maximum atomic E-state index is 13.5. The zero-order chi connectivity index (χ0) is 25.3. The van der Waals surface area contributed by atoms with Gasteiger partial charge in [-0.3, -0.25) is 14.4 Å². The summed E-state index contributed by atoms with van der Waals surface area (Å²) in [7, 11) is 6.41. The Morgan fingerprint density at radius 1 is 1.11 bits per heavy atom. The van der Waals surface area contributed by atoms with Crippen LogP contribution in [-0.2, 0) is 16.6 Å². The Hall–Kier alpha value is -3.78. The van der Waals surface area contributed by atoms with Crippen LogP contribution in [0.5, 0.6) is 0 Å². The fourth-order valence-electron chi connectivity index (χ4n) is 4.40. The molecule has 7 nitrogen and oxygen atoms in total. The van der Waals surface area contributed by atoms with Crippen molar-refractivity contribution in [2.75, 3.05) is 27.7 Å². The van der Waals surface area contributed by atoms with Crippen molar-refractivity contribution in [3.05, 3.63) is 76.7 Å². The standard InChI is InChI=1S/C27H28FN3O4/c1-29(2)27(34)25(32)22-16-30(3)23-10-7-19(15-21(22)23)26(33)31-12-11-18(14-24(31)35-4)13-17-5-8-20(28)9-6-17/h5-10,13,15-16,24H,11-12,14H2,1-4H3/b18-13+. The molecular formula is C27H28FN3O4. The van der Waals surface area contributed by atoms with E-state index in [-0.39, 0.29) is 17.3 Å². The van der Waals surface area contributed by atoms with E-state index in [0.717, 1.165) is 16.7 Å². The summed E-state index contributed by atoms with van der Waals surface area (Å²) < 4.78 is 20.6. The molecule has 2 heterocycles. The van der Waals surface area contributed by atoms with Crippen LogP contribution in [0.15, 0.2) is 54.2 Å². The number of piperidine rings is 1. The van der Waals surface area contributed by atoms with Gasteiger partial charge in [-0.25, -0.2) is 4.39 Å². The first-order valence-corrected chi connectivity index (χ1v) is 11.3. The van der Waals surface area contributed by atoms with Crippen LogP contribution in [0.2, 0.25) is 0 Å². The van der Waals surface area contributed by atoms with Gasteiger partial charge in [-0.05, 0) is 42.3 Å². The summed E-state index contributed by atoms with van der Waals surface area (Å²) in [5, 5.41) is 0.557. The molecule has 1 aromatic heterocycles. The Kier molecular flexibility index (Phi) is 6.84. The molecule has 8 heteroatoms. The topological polar surface area (TPSA) is 71.8 Å². The zero-order valence-corrected chi connectivity index (χ0v) is 20.2. The lowest BCUT2D eigenvalue weighted by Gasteiger charge is -2.36. The van der Waals surface area contributed by atoms with Gasteiger partial charge in [0.25, 0.3) is 17.6 Å². The normalized spacial score (nSPS) is 17.1. The number of methoxy groups -OCH3 is 1. The van der Waals surface area contributed by atoms with Crippen molar-refractivity contribution in [2.45, 2.75) is 19.1 Å². The van der Waals surface area contributed by atoms with Crippen molar-refractivity contribution in [1.82, 2.24) is 14.4 Å². The number of fused-ring (bicyclic) bond motifs is 1. The fourth-order valence-corrected chi connectivity index (χ4v) is 4.40. The number of Topliss-reactive ketones (excluding diaryl/α,β-unsaturated/α-hetero) is 1. The number of rotatable bonds is 5. The first kappa shape index (κ1) is 24.3. The highest BCUT2D eigenvalue weighted by atomic mass is 19.1. The van der Waals surface area contributed by atoms with E-state index in [4.69, 9.17) is 4.74 Å². The van der Waals surface area contributed by atoms with Crippen molar-refractivity contribution in [3.63, 3.8) is 0 Å². The number of aryl methyl sites for hydroxylation is 1. The molecule has 0 spiro atoms. The Balaban J connectivity index is 1.60. The van der Waals surface area contributed by atoms with Crippen LogP contribution < -0.4 is 0 Å². The average Bonchev–Trinajstić information content (AvgIpc) is 3.19. The Bertz CT molecular complexity index is 1320. The van der Waals surface area contributed by atoms with Gasteiger partial charge >= 0.3 is 0 Å². The number of halogens is 1. The maximum Gasteiger partial charge on any atom is 0.294 e. The highest BCUT2D eigenvalue weighted by Crippen LogP contribution is 2.28. The summed E-state index contributed by atoms with van der Waals surface area (Å²) in [6.07, 6.45) is 4.37. The lowest BCUT2D eigenvalue weighted by Crippen LogP contribution is -2.45. The lowest BCUT2D eigenvalue weighted by atomic mass is 9.98. The largest absolute Gasteiger partial charge is 0.361 e. The van der Waals surface area contributed by atoms with Crippen molar-refractivity contribution in [2.24, 2.45) is 7.05 Å². The second kappa shape index (κ2) is 9.84. The van der Waals surface area contributed by atoms with E-state index in [0.29, 0.717) is 30.3 Å². The van der Waals surface area contributed by atoms with Crippen LogP contribution in [-0.4, -0.2) is 65.9 Å². The Morgan fingerprint density at radius 3 is 2.49 bits per heavy atom. The third-order valence-corrected chi connectivity index (χ3v) is 6.31. The third-order valence-electron chi connectivity index (χ3n) is 6.31. The molecule has 1 saturated heterocycles. The van der Waals surface area contributed by atoms with Gasteiger partial charge in [0.05, 0.1) is 5.56 Å². The molecule has 1 aliphatic heterocycles. The highest BCUT2D eigenvalue weighted by Gasteiger charge is 2.30. The number of ketones is 1. The minimum Gasteiger partial charge on any atom is -0.361 e. The van der Waals surface area contributed by atoms with Crippen molar-refractivity contribution in [3.8, 4) is 0 Å². The third kappa shape index (κ3) is 4.88. The van der Waals surface area contributed by atoms with Crippen molar-refractivity contribution < 1.29 is 23.5 Å². The molecule has 35 heavy (non-hydrogen) atoms. The lowest BCUT2D eigenvalue weighted by molar-refractivity contribution is -0.124. The van der Waals surface area contributed by atoms with E-state index in [1.54, 1.807) is 60.2 Å². The highest BCUT2D eigenvalue weighted by molar-refractivity contribution is 6.44. The minimum absolute atomic E-state index is 0.208. The van der Waals surface area contributed by atoms with Gasteiger partial charge in [0, 0.05) is 63.9 Å².